The number of pyridine rings is 1. The highest BCUT2D eigenvalue weighted by atomic mass is 31.2. The first-order valence-electron chi connectivity index (χ1n) is 12.5. The van der Waals surface area contributed by atoms with Crippen molar-refractivity contribution in [3.63, 3.8) is 0 Å². The Labute approximate surface area is 212 Å². The van der Waals surface area contributed by atoms with Gasteiger partial charge in [-0.3, -0.25) is 0 Å². The van der Waals surface area contributed by atoms with Crippen LogP contribution in [0, 0.1) is 11.3 Å². The van der Waals surface area contributed by atoms with E-state index in [0.717, 1.165) is 25.2 Å². The Morgan fingerprint density at radius 1 is 1.11 bits per heavy atom. The number of hydrogen-bond acceptors (Lipinski definition) is 8. The minimum atomic E-state index is -2.52. The molecule has 2 aromatic heterocycles. The van der Waals surface area contributed by atoms with Gasteiger partial charge in [0.1, 0.15) is 30.0 Å². The molecular weight excluding hydrogens is 469 g/mol. The van der Waals surface area contributed by atoms with Crippen molar-refractivity contribution in [3.05, 3.63) is 58.8 Å². The molecule has 36 heavy (non-hydrogen) atoms. The van der Waals surface area contributed by atoms with Crippen LogP contribution in [0.5, 0.6) is 0 Å². The molecule has 3 aromatic rings. The highest BCUT2D eigenvalue weighted by Gasteiger charge is 2.27. The lowest BCUT2D eigenvalue weighted by Crippen LogP contribution is -2.32. The van der Waals surface area contributed by atoms with Gasteiger partial charge in [0.15, 0.2) is 5.82 Å². The number of rotatable bonds is 5. The monoisotopic (exact) mass is 501 g/mol. The van der Waals surface area contributed by atoms with E-state index in [1.807, 2.05) is 0 Å². The average molecular weight is 502 g/mol. The molecule has 0 bridgehead atoms. The zero-order chi connectivity index (χ0) is 25.3. The van der Waals surface area contributed by atoms with Crippen LogP contribution in [-0.4, -0.2) is 46.8 Å². The number of nitriles is 1. The molecule has 1 unspecified atom stereocenters. The first-order chi connectivity index (χ1) is 17.3. The summed E-state index contributed by atoms with van der Waals surface area (Å²) in [6.45, 7) is 5.43. The van der Waals surface area contributed by atoms with E-state index in [9.17, 15) is 9.83 Å². The van der Waals surface area contributed by atoms with Crippen LogP contribution < -0.4 is 16.1 Å². The third kappa shape index (κ3) is 5.28. The fourth-order valence-electron chi connectivity index (χ4n) is 5.32. The number of aryl methyl sites for hydroxylation is 1. The van der Waals surface area contributed by atoms with E-state index in [-0.39, 0.29) is 0 Å². The number of nitrogens with one attached hydrogen (secondary N) is 2. The minimum Gasteiger partial charge on any atom is -0.324 e. The summed E-state index contributed by atoms with van der Waals surface area (Å²) in [6.07, 6.45) is 7.66. The first kappa shape index (κ1) is 24.4. The normalized spacial score (nSPS) is 17.9. The van der Waals surface area contributed by atoms with Crippen molar-refractivity contribution < 1.29 is 4.57 Å². The van der Waals surface area contributed by atoms with Crippen LogP contribution in [-0.2, 0) is 17.5 Å². The maximum Gasteiger partial charge on any atom is 0.229 e. The third-order valence-corrected chi connectivity index (χ3v) is 8.28. The van der Waals surface area contributed by atoms with E-state index < -0.39 is 7.14 Å². The minimum absolute atomic E-state index is 0.307. The van der Waals surface area contributed by atoms with Crippen molar-refractivity contribution in [1.29, 1.82) is 5.26 Å². The SMILES string of the molecule is CN1Cc2cc(Nc3ncc(C#N)c(Nc4cccc(P(C)(C)=O)n4)n3)cc3c2C(CCCCC3)C1. The molecule has 0 fully saturated rings. The van der Waals surface area contributed by atoms with Gasteiger partial charge in [0.25, 0.3) is 0 Å². The molecule has 1 aromatic carbocycles. The molecule has 186 valence electrons. The largest absolute Gasteiger partial charge is 0.324 e. The fraction of sp³-hybridized carbons (Fsp3) is 0.407. The van der Waals surface area contributed by atoms with Gasteiger partial charge in [0, 0.05) is 18.8 Å². The van der Waals surface area contributed by atoms with Crippen molar-refractivity contribution in [2.24, 2.45) is 0 Å². The zero-order valence-electron chi connectivity index (χ0n) is 21.1. The molecular formula is C27H32N7OP. The maximum atomic E-state index is 12.5. The van der Waals surface area contributed by atoms with E-state index in [2.05, 4.69) is 55.7 Å². The summed E-state index contributed by atoms with van der Waals surface area (Å²) in [5.74, 6) is 1.85. The van der Waals surface area contributed by atoms with Crippen LogP contribution in [0.1, 0.15) is 53.9 Å². The molecule has 1 atom stereocenters. The molecule has 0 amide bonds. The molecule has 5 rings (SSSR count). The van der Waals surface area contributed by atoms with Crippen LogP contribution in [0.3, 0.4) is 0 Å². The Bertz CT molecular complexity index is 1360. The van der Waals surface area contributed by atoms with Crippen molar-refractivity contribution in [2.75, 3.05) is 37.6 Å². The van der Waals surface area contributed by atoms with Gasteiger partial charge in [-0.2, -0.15) is 10.2 Å². The van der Waals surface area contributed by atoms with Gasteiger partial charge in [-0.25, -0.2) is 9.97 Å². The lowest BCUT2D eigenvalue weighted by molar-refractivity contribution is 0.269. The summed E-state index contributed by atoms with van der Waals surface area (Å²) in [5, 5.41) is 16.1. The number of nitrogens with zero attached hydrogens (tertiary/aromatic N) is 5. The molecule has 2 aliphatic rings. The third-order valence-electron chi connectivity index (χ3n) is 6.93. The summed E-state index contributed by atoms with van der Waals surface area (Å²) in [6, 6.07) is 11.9. The molecule has 3 heterocycles. The highest BCUT2D eigenvalue weighted by Crippen LogP contribution is 2.39. The topological polar surface area (TPSA) is 107 Å². The average Bonchev–Trinajstić information content (AvgIpc) is 2.81. The summed E-state index contributed by atoms with van der Waals surface area (Å²) < 4.78 is 12.5. The fourth-order valence-corrected chi connectivity index (χ4v) is 6.11. The molecule has 8 nitrogen and oxygen atoms in total. The summed E-state index contributed by atoms with van der Waals surface area (Å²) in [5.41, 5.74) is 6.17. The Balaban J connectivity index is 1.45. The van der Waals surface area contributed by atoms with E-state index in [4.69, 9.17) is 0 Å². The maximum absolute atomic E-state index is 12.5. The highest BCUT2D eigenvalue weighted by molar-refractivity contribution is 7.69. The van der Waals surface area contributed by atoms with Gasteiger partial charge in [-0.15, -0.1) is 0 Å². The standard InChI is InChI=1S/C27H32N7OP/c1-34-16-19-9-6-4-5-8-18-12-22(13-20(17-34)25(18)19)30-27-29-15-21(14-28)26(33-27)32-23-10-7-11-24(31-23)36(2,3)35/h7,10-13,15,19H,4-6,8-9,16-17H2,1-3H3,(H2,29,30,31,32,33). The summed E-state index contributed by atoms with van der Waals surface area (Å²) >= 11 is 0. The molecule has 9 heteroatoms. The van der Waals surface area contributed by atoms with E-state index in [1.54, 1.807) is 37.1 Å². The Kier molecular flexibility index (Phi) is 6.79. The van der Waals surface area contributed by atoms with Gasteiger partial charge in [0.05, 0.1) is 6.20 Å². The van der Waals surface area contributed by atoms with Crippen molar-refractivity contribution >= 4 is 35.8 Å². The summed E-state index contributed by atoms with van der Waals surface area (Å²) in [4.78, 5) is 15.9. The Morgan fingerprint density at radius 3 is 2.75 bits per heavy atom. The molecule has 0 saturated carbocycles. The van der Waals surface area contributed by atoms with Crippen molar-refractivity contribution in [3.8, 4) is 6.07 Å². The smallest absolute Gasteiger partial charge is 0.229 e. The number of hydrogen-bond donors (Lipinski definition) is 2. The molecule has 0 spiro atoms. The summed E-state index contributed by atoms with van der Waals surface area (Å²) in [7, 11) is -0.320. The molecule has 1 aliphatic carbocycles. The van der Waals surface area contributed by atoms with Gasteiger partial charge in [-0.1, -0.05) is 18.9 Å². The van der Waals surface area contributed by atoms with Crippen LogP contribution in [0.2, 0.25) is 0 Å². The first-order valence-corrected chi connectivity index (χ1v) is 15.1. The quantitative estimate of drug-likeness (QED) is 0.464. The number of aromatic nitrogens is 3. The number of likely N-dealkylation sites (N-methyl/N-ethyl adjacent to an activating group) is 1. The van der Waals surface area contributed by atoms with Gasteiger partial charge < -0.3 is 20.1 Å². The molecule has 1 aliphatic heterocycles. The van der Waals surface area contributed by atoms with Crippen LogP contribution in [0.25, 0.3) is 0 Å². The lowest BCUT2D eigenvalue weighted by atomic mass is 9.79. The van der Waals surface area contributed by atoms with Crippen molar-refractivity contribution in [2.45, 2.75) is 44.6 Å². The molecule has 0 radical (unpaired) electrons. The van der Waals surface area contributed by atoms with Gasteiger partial charge in [-0.05, 0) is 86.5 Å². The Hall–Kier alpha value is -3.27. The second-order valence-electron chi connectivity index (χ2n) is 10.3. The van der Waals surface area contributed by atoms with E-state index in [1.165, 1.54) is 43.0 Å². The number of anilines is 4. The van der Waals surface area contributed by atoms with Gasteiger partial charge in [0.2, 0.25) is 5.95 Å². The second-order valence-corrected chi connectivity index (χ2v) is 13.4. The number of benzene rings is 1. The Morgan fingerprint density at radius 2 is 1.94 bits per heavy atom. The van der Waals surface area contributed by atoms with Gasteiger partial charge >= 0.3 is 0 Å². The van der Waals surface area contributed by atoms with E-state index in [0.29, 0.717) is 34.5 Å². The molecule has 0 saturated heterocycles. The van der Waals surface area contributed by atoms with E-state index >= 15 is 0 Å². The molecule has 2 N–H and O–H groups in total. The zero-order valence-corrected chi connectivity index (χ0v) is 22.0. The van der Waals surface area contributed by atoms with Crippen molar-refractivity contribution in [1.82, 2.24) is 19.9 Å². The van der Waals surface area contributed by atoms with Crippen LogP contribution in [0.4, 0.5) is 23.3 Å². The lowest BCUT2D eigenvalue weighted by Gasteiger charge is -2.35. The van der Waals surface area contributed by atoms with Crippen LogP contribution >= 0.6 is 7.14 Å². The second kappa shape index (κ2) is 10.0. The predicted octanol–water partition coefficient (Wildman–Crippen LogP) is 5.12. The van der Waals surface area contributed by atoms with Crippen LogP contribution in [0.15, 0.2) is 36.5 Å². The predicted molar refractivity (Wildman–Crippen MR) is 144 cm³/mol.